The van der Waals surface area contributed by atoms with Crippen molar-refractivity contribution in [3.63, 3.8) is 0 Å². The summed E-state index contributed by atoms with van der Waals surface area (Å²) in [4.78, 5) is 13.9. The summed E-state index contributed by atoms with van der Waals surface area (Å²) in [7, 11) is 1.43. The van der Waals surface area contributed by atoms with E-state index < -0.39 is 0 Å². The molecule has 0 spiro atoms. The lowest BCUT2D eigenvalue weighted by Crippen LogP contribution is -2.45. The highest BCUT2D eigenvalue weighted by Crippen LogP contribution is 2.35. The van der Waals surface area contributed by atoms with Crippen molar-refractivity contribution in [3.05, 3.63) is 35.4 Å². The van der Waals surface area contributed by atoms with Crippen LogP contribution in [-0.4, -0.2) is 43.8 Å². The fourth-order valence-corrected chi connectivity index (χ4v) is 3.53. The zero-order chi connectivity index (χ0) is 14.7. The summed E-state index contributed by atoms with van der Waals surface area (Å²) < 4.78 is 10.5. The van der Waals surface area contributed by atoms with Crippen LogP contribution in [0.3, 0.4) is 0 Å². The van der Waals surface area contributed by atoms with Crippen LogP contribution in [0.5, 0.6) is 0 Å². The van der Waals surface area contributed by atoms with E-state index in [1.54, 1.807) is 0 Å². The number of hydrogen-bond donors (Lipinski definition) is 0. The molecular formula is C17H23NO3. The van der Waals surface area contributed by atoms with Crippen molar-refractivity contribution in [2.24, 2.45) is 0 Å². The summed E-state index contributed by atoms with van der Waals surface area (Å²) in [5.74, 6) is -0.189. The van der Waals surface area contributed by atoms with Crippen LogP contribution in [0.1, 0.15) is 36.4 Å². The first-order valence-electron chi connectivity index (χ1n) is 7.78. The number of ether oxygens (including phenoxy) is 2. The number of rotatable bonds is 3. The van der Waals surface area contributed by atoms with Crippen molar-refractivity contribution in [1.29, 1.82) is 0 Å². The second-order valence-electron chi connectivity index (χ2n) is 5.87. The van der Waals surface area contributed by atoms with Gasteiger partial charge >= 0.3 is 5.97 Å². The molecule has 0 unspecified atom stereocenters. The van der Waals surface area contributed by atoms with E-state index in [1.807, 2.05) is 0 Å². The summed E-state index contributed by atoms with van der Waals surface area (Å²) in [6.45, 7) is 2.45. The van der Waals surface area contributed by atoms with Gasteiger partial charge in [-0.25, -0.2) is 0 Å². The molecule has 1 heterocycles. The molecule has 3 rings (SSSR count). The van der Waals surface area contributed by atoms with Crippen LogP contribution in [0.4, 0.5) is 0 Å². The van der Waals surface area contributed by atoms with Crippen LogP contribution in [-0.2, 0) is 20.7 Å². The fourth-order valence-electron chi connectivity index (χ4n) is 3.53. The molecule has 4 heteroatoms. The van der Waals surface area contributed by atoms with Gasteiger partial charge in [0.2, 0.25) is 0 Å². The van der Waals surface area contributed by atoms with Gasteiger partial charge in [0.05, 0.1) is 26.2 Å². The zero-order valence-corrected chi connectivity index (χ0v) is 12.6. The zero-order valence-electron chi connectivity index (χ0n) is 12.6. The number of fused-ring (bicyclic) bond motifs is 1. The molecule has 1 aliphatic carbocycles. The van der Waals surface area contributed by atoms with E-state index in [9.17, 15) is 4.79 Å². The number of methoxy groups -OCH3 is 1. The Morgan fingerprint density at radius 3 is 3.14 bits per heavy atom. The van der Waals surface area contributed by atoms with Crippen molar-refractivity contribution in [2.75, 3.05) is 26.8 Å². The fraction of sp³-hybridized carbons (Fsp3) is 0.588. The third-order valence-electron chi connectivity index (χ3n) is 4.57. The maximum Gasteiger partial charge on any atom is 0.308 e. The highest BCUT2D eigenvalue weighted by molar-refractivity contribution is 5.69. The molecule has 0 N–H and O–H groups in total. The van der Waals surface area contributed by atoms with Crippen LogP contribution in [0.15, 0.2) is 24.3 Å². The van der Waals surface area contributed by atoms with E-state index in [0.717, 1.165) is 13.1 Å². The third kappa shape index (κ3) is 3.27. The Labute approximate surface area is 126 Å². The van der Waals surface area contributed by atoms with Crippen molar-refractivity contribution >= 4 is 5.97 Å². The average Bonchev–Trinajstić information content (AvgIpc) is 2.54. The van der Waals surface area contributed by atoms with E-state index in [0.29, 0.717) is 19.1 Å². The standard InChI is InChI=1S/C17H23NO3/c1-20-17(19)11-14-12-18(9-10-21-14)16-8-4-6-13-5-2-3-7-15(13)16/h2-3,5,7,14,16H,4,6,8-12H2,1H3/t14-,16+/m0/s1. The topological polar surface area (TPSA) is 38.8 Å². The van der Waals surface area contributed by atoms with Crippen molar-refractivity contribution in [1.82, 2.24) is 4.90 Å². The molecule has 1 aliphatic heterocycles. The molecule has 0 bridgehead atoms. The minimum atomic E-state index is -0.189. The lowest BCUT2D eigenvalue weighted by Gasteiger charge is -2.40. The largest absolute Gasteiger partial charge is 0.469 e. The predicted octanol–water partition coefficient (Wildman–Crippen LogP) is 2.33. The monoisotopic (exact) mass is 289 g/mol. The highest BCUT2D eigenvalue weighted by Gasteiger charge is 2.31. The maximum atomic E-state index is 11.4. The normalized spacial score (nSPS) is 26.1. The Morgan fingerprint density at radius 1 is 1.43 bits per heavy atom. The molecule has 2 atom stereocenters. The minimum absolute atomic E-state index is 0.0414. The van der Waals surface area contributed by atoms with E-state index in [4.69, 9.17) is 9.47 Å². The Bertz CT molecular complexity index is 503. The van der Waals surface area contributed by atoms with Gasteiger partial charge in [-0.15, -0.1) is 0 Å². The van der Waals surface area contributed by atoms with Crippen LogP contribution in [0.25, 0.3) is 0 Å². The van der Waals surface area contributed by atoms with Crippen molar-refractivity contribution < 1.29 is 14.3 Å². The first kappa shape index (κ1) is 14.5. The third-order valence-corrected chi connectivity index (χ3v) is 4.57. The smallest absolute Gasteiger partial charge is 0.308 e. The number of nitrogens with zero attached hydrogens (tertiary/aromatic N) is 1. The number of hydrogen-bond acceptors (Lipinski definition) is 4. The SMILES string of the molecule is COC(=O)C[C@H]1CN([C@@H]2CCCc3ccccc32)CCO1. The Hall–Kier alpha value is -1.39. The Balaban J connectivity index is 1.71. The number of benzene rings is 1. The molecule has 21 heavy (non-hydrogen) atoms. The van der Waals surface area contributed by atoms with Gasteiger partial charge in [0.15, 0.2) is 0 Å². The van der Waals surface area contributed by atoms with Crippen molar-refractivity contribution in [3.8, 4) is 0 Å². The summed E-state index contributed by atoms with van der Waals surface area (Å²) in [5, 5.41) is 0. The van der Waals surface area contributed by atoms with Gasteiger partial charge in [-0.3, -0.25) is 9.69 Å². The number of aryl methyl sites for hydroxylation is 1. The second kappa shape index (κ2) is 6.58. The quantitative estimate of drug-likeness (QED) is 0.801. The predicted molar refractivity (Wildman–Crippen MR) is 80.1 cm³/mol. The van der Waals surface area contributed by atoms with Crippen LogP contribution < -0.4 is 0 Å². The van der Waals surface area contributed by atoms with E-state index >= 15 is 0 Å². The number of esters is 1. The second-order valence-corrected chi connectivity index (χ2v) is 5.87. The summed E-state index contributed by atoms with van der Waals surface area (Å²) in [5.41, 5.74) is 2.94. The molecule has 0 aromatic heterocycles. The molecule has 0 radical (unpaired) electrons. The van der Waals surface area contributed by atoms with Gasteiger partial charge in [-0.1, -0.05) is 24.3 Å². The first-order chi connectivity index (χ1) is 10.3. The number of carbonyl (C=O) groups excluding carboxylic acids is 1. The van der Waals surface area contributed by atoms with Gasteiger partial charge in [0.1, 0.15) is 0 Å². The summed E-state index contributed by atoms with van der Waals surface area (Å²) in [6, 6.07) is 9.22. The van der Waals surface area contributed by atoms with Gasteiger partial charge in [-0.05, 0) is 30.4 Å². The summed E-state index contributed by atoms with van der Waals surface area (Å²) in [6.07, 6.45) is 3.92. The Morgan fingerprint density at radius 2 is 2.29 bits per heavy atom. The molecule has 1 fully saturated rings. The molecule has 1 saturated heterocycles. The lowest BCUT2D eigenvalue weighted by atomic mass is 9.86. The summed E-state index contributed by atoms with van der Waals surface area (Å²) >= 11 is 0. The molecule has 0 amide bonds. The molecule has 4 nitrogen and oxygen atoms in total. The van der Waals surface area contributed by atoms with E-state index in [2.05, 4.69) is 29.2 Å². The van der Waals surface area contributed by atoms with Gasteiger partial charge < -0.3 is 9.47 Å². The average molecular weight is 289 g/mol. The highest BCUT2D eigenvalue weighted by atomic mass is 16.5. The minimum Gasteiger partial charge on any atom is -0.469 e. The van der Waals surface area contributed by atoms with Crippen LogP contribution >= 0.6 is 0 Å². The molecule has 1 aromatic carbocycles. The molecule has 1 aromatic rings. The first-order valence-corrected chi connectivity index (χ1v) is 7.78. The van der Waals surface area contributed by atoms with Crippen molar-refractivity contribution in [2.45, 2.75) is 37.8 Å². The van der Waals surface area contributed by atoms with E-state index in [1.165, 1.54) is 37.5 Å². The van der Waals surface area contributed by atoms with Gasteiger partial charge in [0.25, 0.3) is 0 Å². The maximum absolute atomic E-state index is 11.4. The number of morpholine rings is 1. The Kier molecular flexibility index (Phi) is 4.56. The number of carbonyl (C=O) groups is 1. The van der Waals surface area contributed by atoms with Gasteiger partial charge in [0, 0.05) is 19.1 Å². The van der Waals surface area contributed by atoms with Crippen LogP contribution in [0, 0.1) is 0 Å². The molecule has 114 valence electrons. The van der Waals surface area contributed by atoms with E-state index in [-0.39, 0.29) is 12.1 Å². The van der Waals surface area contributed by atoms with Gasteiger partial charge in [-0.2, -0.15) is 0 Å². The molecule has 2 aliphatic rings. The lowest BCUT2D eigenvalue weighted by molar-refractivity contribution is -0.146. The molecular weight excluding hydrogens is 266 g/mol. The van der Waals surface area contributed by atoms with Crippen LogP contribution in [0.2, 0.25) is 0 Å². The molecule has 0 saturated carbocycles.